The van der Waals surface area contributed by atoms with Crippen molar-refractivity contribution < 1.29 is 9.47 Å². The number of nitrogen functional groups attached to an aromatic ring is 1. The van der Waals surface area contributed by atoms with E-state index in [1.165, 1.54) is 19.2 Å². The lowest BCUT2D eigenvalue weighted by atomic mass is 10.1. The molecule has 2 aromatic heterocycles. The van der Waals surface area contributed by atoms with E-state index >= 15 is 0 Å². The molecule has 1 fully saturated rings. The Hall–Kier alpha value is -4.90. The first-order valence-electron chi connectivity index (χ1n) is 12.7. The predicted octanol–water partition coefficient (Wildman–Crippen LogP) is 6.43. The molecule has 0 atom stereocenters. The van der Waals surface area contributed by atoms with Crippen molar-refractivity contribution in [1.29, 1.82) is 5.26 Å². The molecule has 8 heteroatoms. The minimum absolute atomic E-state index is 0.328. The van der Waals surface area contributed by atoms with Crippen LogP contribution in [0.2, 0.25) is 0 Å². The van der Waals surface area contributed by atoms with Crippen molar-refractivity contribution >= 4 is 16.9 Å². The third-order valence-electron chi connectivity index (χ3n) is 6.85. The molecule has 8 nitrogen and oxygen atoms in total. The molecule has 1 saturated carbocycles. The maximum atomic E-state index is 9.26. The van der Waals surface area contributed by atoms with E-state index in [1.54, 1.807) is 12.1 Å². The van der Waals surface area contributed by atoms with Gasteiger partial charge in [0.2, 0.25) is 0 Å². The van der Waals surface area contributed by atoms with Crippen LogP contribution < -0.4 is 15.2 Å². The van der Waals surface area contributed by atoms with Gasteiger partial charge in [-0.25, -0.2) is 14.6 Å². The number of hydrogen-bond acceptors (Lipinski definition) is 7. The molecule has 5 aromatic rings. The molecule has 3 aromatic carbocycles. The minimum atomic E-state index is 0.328. The van der Waals surface area contributed by atoms with Crippen molar-refractivity contribution in [3.05, 3.63) is 90.3 Å². The number of aromatic nitrogens is 4. The highest BCUT2D eigenvalue weighted by molar-refractivity contribution is 5.98. The molecule has 0 amide bonds. The van der Waals surface area contributed by atoms with E-state index in [-0.39, 0.29) is 0 Å². The lowest BCUT2D eigenvalue weighted by molar-refractivity contribution is 0.304. The van der Waals surface area contributed by atoms with Crippen molar-refractivity contribution in [2.24, 2.45) is 0 Å². The highest BCUT2D eigenvalue weighted by Gasteiger charge is 2.24. The van der Waals surface area contributed by atoms with Crippen molar-refractivity contribution in [2.45, 2.75) is 38.3 Å². The van der Waals surface area contributed by atoms with Crippen molar-refractivity contribution in [3.8, 4) is 34.6 Å². The van der Waals surface area contributed by atoms with Crippen LogP contribution in [0.3, 0.4) is 0 Å². The summed E-state index contributed by atoms with van der Waals surface area (Å²) in [6.45, 7) is 0.328. The number of fused-ring (bicyclic) bond motifs is 1. The lowest BCUT2D eigenvalue weighted by Crippen LogP contribution is -2.07. The molecule has 0 radical (unpaired) electrons. The average molecular weight is 503 g/mol. The van der Waals surface area contributed by atoms with Gasteiger partial charge in [-0.3, -0.25) is 0 Å². The Morgan fingerprint density at radius 3 is 2.58 bits per heavy atom. The SMILES string of the molecule is N#Cc1ccccc1OCc1cccc(Oc2ccc(-c3nn(C4CCCC4)c4ncnc(N)c34)cc2)c1. The van der Waals surface area contributed by atoms with E-state index in [9.17, 15) is 5.26 Å². The quantitative estimate of drug-likeness (QED) is 0.273. The fourth-order valence-electron chi connectivity index (χ4n) is 4.96. The second kappa shape index (κ2) is 10.2. The van der Waals surface area contributed by atoms with Gasteiger partial charge in [-0.1, -0.05) is 37.1 Å². The summed E-state index contributed by atoms with van der Waals surface area (Å²) >= 11 is 0. The van der Waals surface area contributed by atoms with E-state index < -0.39 is 0 Å². The third kappa shape index (κ3) is 4.62. The first kappa shape index (κ1) is 23.5. The number of rotatable bonds is 7. The largest absolute Gasteiger partial charge is 0.488 e. The molecule has 188 valence electrons. The summed E-state index contributed by atoms with van der Waals surface area (Å²) in [5.41, 5.74) is 10.2. The lowest BCUT2D eigenvalue weighted by Gasteiger charge is -2.10. The standard InChI is InChI=1S/C30H26N6O2/c31-17-22-7-1-4-11-26(22)37-18-20-6-5-10-25(16-20)38-24-14-12-21(13-15-24)28-27-29(32)33-19-34-30(27)36(35-28)23-8-2-3-9-23/h1,4-7,10-16,19,23H,2-3,8-9,18H2,(H2,32,33,34). The first-order valence-corrected chi connectivity index (χ1v) is 12.7. The molecule has 0 saturated heterocycles. The Morgan fingerprint density at radius 2 is 1.76 bits per heavy atom. The van der Waals surface area contributed by atoms with Crippen LogP contribution in [0, 0.1) is 11.3 Å². The number of nitriles is 1. The van der Waals surface area contributed by atoms with Crippen LogP contribution in [0.1, 0.15) is 42.9 Å². The smallest absolute Gasteiger partial charge is 0.164 e. The molecule has 2 heterocycles. The Kier molecular flexibility index (Phi) is 6.32. The first-order chi connectivity index (χ1) is 18.7. The molecule has 0 unspecified atom stereocenters. The summed E-state index contributed by atoms with van der Waals surface area (Å²) in [5, 5.41) is 15.0. The monoisotopic (exact) mass is 502 g/mol. The summed E-state index contributed by atoms with van der Waals surface area (Å²) in [6, 6.07) is 25.2. The summed E-state index contributed by atoms with van der Waals surface area (Å²) in [4.78, 5) is 8.74. The summed E-state index contributed by atoms with van der Waals surface area (Å²) in [6.07, 6.45) is 6.11. The second-order valence-electron chi connectivity index (χ2n) is 9.36. The Balaban J connectivity index is 1.21. The summed E-state index contributed by atoms with van der Waals surface area (Å²) < 4.78 is 14.0. The van der Waals surface area contributed by atoms with Gasteiger partial charge in [0, 0.05) is 5.56 Å². The van der Waals surface area contributed by atoms with Crippen molar-refractivity contribution in [2.75, 3.05) is 5.73 Å². The zero-order chi connectivity index (χ0) is 25.9. The number of anilines is 1. The van der Waals surface area contributed by atoms with Crippen LogP contribution in [0.25, 0.3) is 22.3 Å². The predicted molar refractivity (Wildman–Crippen MR) is 145 cm³/mol. The van der Waals surface area contributed by atoms with Crippen molar-refractivity contribution in [3.63, 3.8) is 0 Å². The van der Waals surface area contributed by atoms with Crippen LogP contribution in [0.5, 0.6) is 17.2 Å². The van der Waals surface area contributed by atoms with Gasteiger partial charge in [0.1, 0.15) is 47.8 Å². The fraction of sp³-hybridized carbons (Fsp3) is 0.200. The van der Waals surface area contributed by atoms with Crippen LogP contribution >= 0.6 is 0 Å². The molecule has 0 aliphatic heterocycles. The molecule has 1 aliphatic carbocycles. The maximum absolute atomic E-state index is 9.26. The Bertz CT molecular complexity index is 1630. The van der Waals surface area contributed by atoms with Gasteiger partial charge < -0.3 is 15.2 Å². The number of para-hydroxylation sites is 1. The average Bonchev–Trinajstić information content (AvgIpc) is 3.62. The van der Waals surface area contributed by atoms with Gasteiger partial charge in [-0.2, -0.15) is 10.4 Å². The van der Waals surface area contributed by atoms with Crippen LogP contribution in [-0.4, -0.2) is 19.7 Å². The summed E-state index contributed by atoms with van der Waals surface area (Å²) in [7, 11) is 0. The minimum Gasteiger partial charge on any atom is -0.488 e. The fourth-order valence-corrected chi connectivity index (χ4v) is 4.96. The van der Waals surface area contributed by atoms with Gasteiger partial charge in [-0.05, 0) is 66.9 Å². The zero-order valence-corrected chi connectivity index (χ0v) is 20.7. The molecular weight excluding hydrogens is 476 g/mol. The van der Waals surface area contributed by atoms with Crippen LogP contribution in [0.15, 0.2) is 79.1 Å². The van der Waals surface area contributed by atoms with Gasteiger partial charge >= 0.3 is 0 Å². The molecule has 38 heavy (non-hydrogen) atoms. The van der Waals surface area contributed by atoms with Crippen LogP contribution in [0.4, 0.5) is 5.82 Å². The van der Waals surface area contributed by atoms with Gasteiger partial charge in [-0.15, -0.1) is 0 Å². The van der Waals surface area contributed by atoms with E-state index in [1.807, 2.05) is 65.3 Å². The molecule has 2 N–H and O–H groups in total. The Morgan fingerprint density at radius 1 is 0.947 bits per heavy atom. The van der Waals surface area contributed by atoms with E-state index in [0.717, 1.165) is 40.7 Å². The molecule has 0 spiro atoms. The number of ether oxygens (including phenoxy) is 2. The van der Waals surface area contributed by atoms with E-state index in [4.69, 9.17) is 20.3 Å². The number of nitrogens with zero attached hydrogens (tertiary/aromatic N) is 5. The molecule has 6 rings (SSSR count). The van der Waals surface area contributed by atoms with Gasteiger partial charge in [0.15, 0.2) is 5.65 Å². The third-order valence-corrected chi connectivity index (χ3v) is 6.85. The topological polar surface area (TPSA) is 112 Å². The van der Waals surface area contributed by atoms with Crippen LogP contribution in [-0.2, 0) is 6.61 Å². The highest BCUT2D eigenvalue weighted by Crippen LogP contribution is 2.37. The van der Waals surface area contributed by atoms with E-state index in [0.29, 0.717) is 41.3 Å². The summed E-state index contributed by atoms with van der Waals surface area (Å²) in [5.74, 6) is 2.39. The zero-order valence-electron chi connectivity index (χ0n) is 20.7. The Labute approximate surface area is 220 Å². The molecule has 1 aliphatic rings. The van der Waals surface area contributed by atoms with Gasteiger partial charge in [0.05, 0.1) is 17.0 Å². The van der Waals surface area contributed by atoms with Gasteiger partial charge in [0.25, 0.3) is 0 Å². The molecular formula is C30H26N6O2. The van der Waals surface area contributed by atoms with Crippen molar-refractivity contribution in [1.82, 2.24) is 19.7 Å². The molecule has 0 bridgehead atoms. The normalized spacial score (nSPS) is 13.4. The van der Waals surface area contributed by atoms with E-state index in [2.05, 4.69) is 16.0 Å². The maximum Gasteiger partial charge on any atom is 0.164 e. The second-order valence-corrected chi connectivity index (χ2v) is 9.36. The number of nitrogens with two attached hydrogens (primary N) is 1. The highest BCUT2D eigenvalue weighted by atomic mass is 16.5. The number of benzene rings is 3. The number of hydrogen-bond donors (Lipinski definition) is 1.